The maximum atomic E-state index is 11.9. The zero-order valence-corrected chi connectivity index (χ0v) is 15.9. The van der Waals surface area contributed by atoms with Crippen LogP contribution in [0.1, 0.15) is 16.7 Å². The molecule has 0 aliphatic rings. The number of nitrogens with one attached hydrogen (secondary N) is 1. The monoisotopic (exact) mass is 438 g/mol. The molecule has 6 heteroatoms. The number of rotatable bonds is 5. The molecule has 23 heavy (non-hydrogen) atoms. The second-order valence-electron chi connectivity index (χ2n) is 5.02. The lowest BCUT2D eigenvalue weighted by atomic mass is 10.1. The van der Waals surface area contributed by atoms with Crippen LogP contribution in [0.15, 0.2) is 50.5 Å². The van der Waals surface area contributed by atoms with E-state index in [9.17, 15) is 4.79 Å². The van der Waals surface area contributed by atoms with Crippen LogP contribution in [-0.4, -0.2) is 18.7 Å². The van der Waals surface area contributed by atoms with E-state index in [2.05, 4.69) is 42.3 Å². The molecule has 0 atom stereocenters. The van der Waals surface area contributed by atoms with Crippen LogP contribution in [0.2, 0.25) is 0 Å². The number of hydrogen-bond donors (Lipinski definition) is 1. The predicted molar refractivity (Wildman–Crippen MR) is 99.9 cm³/mol. The number of carbonyl (C=O) groups is 1. The van der Waals surface area contributed by atoms with Crippen LogP contribution in [0.4, 0.5) is 5.69 Å². The smallest absolute Gasteiger partial charge is 0.265 e. The van der Waals surface area contributed by atoms with Crippen LogP contribution in [0.25, 0.3) is 0 Å². The second-order valence-corrected chi connectivity index (χ2v) is 6.72. The van der Waals surface area contributed by atoms with Gasteiger partial charge in [0.25, 0.3) is 5.91 Å². The third-order valence-electron chi connectivity index (χ3n) is 3.10. The third kappa shape index (κ3) is 5.18. The Kier molecular flexibility index (Phi) is 6.36. The van der Waals surface area contributed by atoms with Crippen molar-refractivity contribution in [2.45, 2.75) is 13.8 Å². The molecule has 0 aromatic heterocycles. The van der Waals surface area contributed by atoms with E-state index in [-0.39, 0.29) is 12.5 Å². The maximum absolute atomic E-state index is 11.9. The molecule has 0 aliphatic carbocycles. The van der Waals surface area contributed by atoms with Gasteiger partial charge in [-0.25, -0.2) is 0 Å². The minimum atomic E-state index is -0.280. The Morgan fingerprint density at radius 2 is 1.87 bits per heavy atom. The number of nitrogens with zero attached hydrogens (tertiary/aromatic N) is 1. The fourth-order valence-corrected chi connectivity index (χ4v) is 3.53. The normalized spacial score (nSPS) is 10.8. The molecule has 4 nitrogen and oxygen atoms in total. The molecule has 120 valence electrons. The minimum absolute atomic E-state index is 0.158. The molecule has 0 fully saturated rings. The van der Waals surface area contributed by atoms with Crippen LogP contribution in [-0.2, 0) is 9.63 Å². The largest absolute Gasteiger partial charge is 0.386 e. The Labute approximate surface area is 152 Å². The highest BCUT2D eigenvalue weighted by Gasteiger charge is 2.10. The molecule has 0 bridgehead atoms. The van der Waals surface area contributed by atoms with Gasteiger partial charge in [-0.2, -0.15) is 0 Å². The first-order chi connectivity index (χ1) is 11.0. The fraction of sp³-hybridized carbons (Fsp3) is 0.176. The van der Waals surface area contributed by atoms with Crippen molar-refractivity contribution in [2.24, 2.45) is 5.16 Å². The van der Waals surface area contributed by atoms with Gasteiger partial charge in [-0.05, 0) is 74.5 Å². The standard InChI is InChI=1S/C17H16Br2N2O2/c1-11-7-14(18)17(15(19)8-11)21-16(22)10-23-20-9-13-6-4-3-5-12(13)2/h3-9H,10H2,1-2H3,(H,21,22). The van der Waals surface area contributed by atoms with Gasteiger partial charge < -0.3 is 10.2 Å². The first-order valence-electron chi connectivity index (χ1n) is 6.94. The van der Waals surface area contributed by atoms with E-state index in [1.54, 1.807) is 6.21 Å². The Hall–Kier alpha value is -1.66. The summed E-state index contributed by atoms with van der Waals surface area (Å²) in [6, 6.07) is 11.7. The number of aryl methyl sites for hydroxylation is 2. The van der Waals surface area contributed by atoms with Gasteiger partial charge in [0.1, 0.15) is 0 Å². The lowest BCUT2D eigenvalue weighted by molar-refractivity contribution is -0.120. The van der Waals surface area contributed by atoms with Crippen molar-refractivity contribution >= 4 is 49.7 Å². The molecular weight excluding hydrogens is 424 g/mol. The number of halogens is 2. The average molecular weight is 440 g/mol. The maximum Gasteiger partial charge on any atom is 0.265 e. The lowest BCUT2D eigenvalue weighted by Gasteiger charge is -2.10. The van der Waals surface area contributed by atoms with Gasteiger partial charge in [-0.15, -0.1) is 0 Å². The van der Waals surface area contributed by atoms with Crippen molar-refractivity contribution in [2.75, 3.05) is 11.9 Å². The topological polar surface area (TPSA) is 50.7 Å². The zero-order valence-electron chi connectivity index (χ0n) is 12.8. The number of amides is 1. The highest BCUT2D eigenvalue weighted by atomic mass is 79.9. The number of benzene rings is 2. The van der Waals surface area contributed by atoms with E-state index in [1.807, 2.05) is 50.2 Å². The quantitative estimate of drug-likeness (QED) is 0.536. The lowest BCUT2D eigenvalue weighted by Crippen LogP contribution is -2.17. The summed E-state index contributed by atoms with van der Waals surface area (Å²) in [7, 11) is 0. The van der Waals surface area contributed by atoms with Crippen molar-refractivity contribution in [1.29, 1.82) is 0 Å². The molecule has 2 aromatic rings. The Morgan fingerprint density at radius 3 is 2.52 bits per heavy atom. The highest BCUT2D eigenvalue weighted by Crippen LogP contribution is 2.32. The first-order valence-corrected chi connectivity index (χ1v) is 8.52. The van der Waals surface area contributed by atoms with Crippen LogP contribution in [0, 0.1) is 13.8 Å². The summed E-state index contributed by atoms with van der Waals surface area (Å²) >= 11 is 6.86. The summed E-state index contributed by atoms with van der Waals surface area (Å²) in [4.78, 5) is 17.0. The van der Waals surface area contributed by atoms with Gasteiger partial charge in [0.15, 0.2) is 6.61 Å². The average Bonchev–Trinajstić information content (AvgIpc) is 2.49. The van der Waals surface area contributed by atoms with Crippen molar-refractivity contribution in [3.05, 3.63) is 62.0 Å². The van der Waals surface area contributed by atoms with E-state index < -0.39 is 0 Å². The summed E-state index contributed by atoms with van der Waals surface area (Å²) < 4.78 is 1.61. The van der Waals surface area contributed by atoms with E-state index in [0.29, 0.717) is 5.69 Å². The first kappa shape index (κ1) is 17.7. The summed E-state index contributed by atoms with van der Waals surface area (Å²) in [5.74, 6) is -0.280. The molecule has 0 heterocycles. The molecule has 1 N–H and O–H groups in total. The van der Waals surface area contributed by atoms with E-state index >= 15 is 0 Å². The summed E-state index contributed by atoms with van der Waals surface area (Å²) in [6.45, 7) is 3.81. The summed E-state index contributed by atoms with van der Waals surface area (Å²) in [5, 5.41) is 6.62. The van der Waals surface area contributed by atoms with Gasteiger partial charge in [0.05, 0.1) is 11.9 Å². The molecule has 0 unspecified atom stereocenters. The molecule has 0 spiro atoms. The van der Waals surface area contributed by atoms with Gasteiger partial charge in [-0.3, -0.25) is 4.79 Å². The van der Waals surface area contributed by atoms with Crippen LogP contribution >= 0.6 is 31.9 Å². The van der Waals surface area contributed by atoms with Crippen LogP contribution in [0.5, 0.6) is 0 Å². The van der Waals surface area contributed by atoms with Crippen molar-refractivity contribution in [3.8, 4) is 0 Å². The molecule has 0 aliphatic heterocycles. The van der Waals surface area contributed by atoms with Crippen molar-refractivity contribution in [3.63, 3.8) is 0 Å². The molecule has 0 radical (unpaired) electrons. The Morgan fingerprint density at radius 1 is 1.22 bits per heavy atom. The second kappa shape index (κ2) is 8.26. The Balaban J connectivity index is 1.90. The molecular formula is C17H16Br2N2O2. The fourth-order valence-electron chi connectivity index (χ4n) is 1.92. The summed E-state index contributed by atoms with van der Waals surface area (Å²) in [5.41, 5.74) is 3.81. The Bertz CT molecular complexity index is 722. The van der Waals surface area contributed by atoms with Gasteiger partial charge in [0, 0.05) is 8.95 Å². The number of anilines is 1. The highest BCUT2D eigenvalue weighted by molar-refractivity contribution is 9.11. The van der Waals surface area contributed by atoms with E-state index in [0.717, 1.165) is 25.6 Å². The minimum Gasteiger partial charge on any atom is -0.386 e. The third-order valence-corrected chi connectivity index (χ3v) is 4.35. The van der Waals surface area contributed by atoms with Gasteiger partial charge >= 0.3 is 0 Å². The van der Waals surface area contributed by atoms with E-state index in [4.69, 9.17) is 4.84 Å². The summed E-state index contributed by atoms with van der Waals surface area (Å²) in [6.07, 6.45) is 1.60. The SMILES string of the molecule is Cc1cc(Br)c(NC(=O)CON=Cc2ccccc2C)c(Br)c1. The molecule has 1 amide bonds. The van der Waals surface area contributed by atoms with Crippen LogP contribution < -0.4 is 5.32 Å². The van der Waals surface area contributed by atoms with Gasteiger partial charge in [-0.1, -0.05) is 29.4 Å². The molecule has 2 aromatic carbocycles. The predicted octanol–water partition coefficient (Wildman–Crippen LogP) is 4.82. The number of carbonyl (C=O) groups excluding carboxylic acids is 1. The van der Waals surface area contributed by atoms with Crippen molar-refractivity contribution < 1.29 is 9.63 Å². The molecule has 2 rings (SSSR count). The van der Waals surface area contributed by atoms with Gasteiger partial charge in [0.2, 0.25) is 0 Å². The van der Waals surface area contributed by atoms with Crippen molar-refractivity contribution in [1.82, 2.24) is 0 Å². The molecule has 0 saturated carbocycles. The molecule has 0 saturated heterocycles. The van der Waals surface area contributed by atoms with E-state index in [1.165, 1.54) is 0 Å². The van der Waals surface area contributed by atoms with Crippen LogP contribution in [0.3, 0.4) is 0 Å². The number of oxime groups is 1. The zero-order chi connectivity index (χ0) is 16.8. The number of hydrogen-bond acceptors (Lipinski definition) is 3.